The zero-order valence-electron chi connectivity index (χ0n) is 14.6. The fourth-order valence-corrected chi connectivity index (χ4v) is 3.83. The van der Waals surface area contributed by atoms with Crippen LogP contribution < -0.4 is 11.1 Å². The average Bonchev–Trinajstić information content (AvgIpc) is 3.34. The maximum absolute atomic E-state index is 11.8. The number of aromatic nitrogens is 2. The second-order valence-corrected chi connectivity index (χ2v) is 7.59. The Hall–Kier alpha value is -2.89. The number of amides is 1. The van der Waals surface area contributed by atoms with Crippen molar-refractivity contribution in [2.24, 2.45) is 5.73 Å². The van der Waals surface area contributed by atoms with Gasteiger partial charge in [-0.1, -0.05) is 0 Å². The molecule has 0 spiro atoms. The van der Waals surface area contributed by atoms with E-state index in [1.165, 1.54) is 23.5 Å². The molecule has 11 heteroatoms. The summed E-state index contributed by atoms with van der Waals surface area (Å²) in [6.07, 6.45) is 3.04. The molecule has 0 aliphatic carbocycles. The van der Waals surface area contributed by atoms with E-state index in [0.717, 1.165) is 22.0 Å². The lowest BCUT2D eigenvalue weighted by Crippen LogP contribution is -2.23. The Labute approximate surface area is 168 Å². The number of ether oxygens (including phenoxy) is 1. The zero-order valence-corrected chi connectivity index (χ0v) is 16.2. The van der Waals surface area contributed by atoms with Crippen molar-refractivity contribution < 1.29 is 14.5 Å². The number of hydrogen-bond acceptors (Lipinski definition) is 9. The molecule has 0 saturated heterocycles. The molecule has 1 amide bonds. The minimum atomic E-state index is -0.603. The molecule has 0 fully saturated rings. The summed E-state index contributed by atoms with van der Waals surface area (Å²) in [7, 11) is 0. The molecule has 3 rings (SSSR count). The third-order valence-electron chi connectivity index (χ3n) is 3.55. The summed E-state index contributed by atoms with van der Waals surface area (Å²) in [6, 6.07) is 5.81. The van der Waals surface area contributed by atoms with Crippen molar-refractivity contribution in [1.29, 1.82) is 0 Å². The Morgan fingerprint density at radius 2 is 2.11 bits per heavy atom. The SMILES string of the molecule is NCCc1nc(-c2[c]nc(CNC(=O)OCc3ccc([N+](=O)[O-])cc3)s2)cs1. The van der Waals surface area contributed by atoms with E-state index in [-0.39, 0.29) is 18.8 Å². The Bertz CT molecular complexity index is 955. The Morgan fingerprint density at radius 1 is 1.32 bits per heavy atom. The molecule has 0 atom stereocenters. The van der Waals surface area contributed by atoms with E-state index in [9.17, 15) is 14.9 Å². The largest absolute Gasteiger partial charge is 0.445 e. The van der Waals surface area contributed by atoms with Crippen molar-refractivity contribution in [1.82, 2.24) is 15.3 Å². The van der Waals surface area contributed by atoms with Crippen LogP contribution in [0.3, 0.4) is 0 Å². The first-order valence-electron chi connectivity index (χ1n) is 8.21. The number of benzene rings is 1. The van der Waals surface area contributed by atoms with E-state index in [4.69, 9.17) is 10.5 Å². The van der Waals surface area contributed by atoms with Crippen LogP contribution in [-0.4, -0.2) is 27.5 Å². The molecule has 2 aromatic heterocycles. The topological polar surface area (TPSA) is 133 Å². The predicted molar refractivity (Wildman–Crippen MR) is 105 cm³/mol. The van der Waals surface area contributed by atoms with Gasteiger partial charge >= 0.3 is 6.09 Å². The first kappa shape index (κ1) is 19.9. The first-order chi connectivity index (χ1) is 13.5. The highest BCUT2D eigenvalue weighted by atomic mass is 32.1. The monoisotopic (exact) mass is 418 g/mol. The molecule has 0 saturated carbocycles. The first-order valence-corrected chi connectivity index (χ1v) is 9.91. The van der Waals surface area contributed by atoms with Crippen LogP contribution in [0.5, 0.6) is 0 Å². The smallest absolute Gasteiger partial charge is 0.407 e. The summed E-state index contributed by atoms with van der Waals surface area (Å²) >= 11 is 2.93. The molecule has 0 bridgehead atoms. The molecule has 1 radical (unpaired) electrons. The highest BCUT2D eigenvalue weighted by Gasteiger charge is 2.11. The van der Waals surface area contributed by atoms with Crippen LogP contribution in [0.2, 0.25) is 0 Å². The van der Waals surface area contributed by atoms with Gasteiger partial charge in [-0.25, -0.2) is 14.8 Å². The second kappa shape index (κ2) is 9.35. The maximum Gasteiger partial charge on any atom is 0.407 e. The number of nitro groups is 1. The number of thiazole rings is 2. The van der Waals surface area contributed by atoms with Gasteiger partial charge in [0.25, 0.3) is 5.69 Å². The fourth-order valence-electron chi connectivity index (χ4n) is 2.18. The predicted octanol–water partition coefficient (Wildman–Crippen LogP) is 2.90. The van der Waals surface area contributed by atoms with Gasteiger partial charge in [-0.15, -0.1) is 22.7 Å². The van der Waals surface area contributed by atoms with Crippen LogP contribution >= 0.6 is 22.7 Å². The Balaban J connectivity index is 1.46. The maximum atomic E-state index is 11.8. The lowest BCUT2D eigenvalue weighted by molar-refractivity contribution is -0.384. The van der Waals surface area contributed by atoms with E-state index in [2.05, 4.69) is 21.5 Å². The lowest BCUT2D eigenvalue weighted by atomic mass is 10.2. The van der Waals surface area contributed by atoms with Gasteiger partial charge in [0, 0.05) is 23.9 Å². The third kappa shape index (κ3) is 5.31. The van der Waals surface area contributed by atoms with E-state index in [1.54, 1.807) is 23.5 Å². The minimum absolute atomic E-state index is 0.0146. The molecular formula is C17H16N5O4S2. The van der Waals surface area contributed by atoms with Gasteiger partial charge in [0.05, 0.1) is 27.0 Å². The molecule has 28 heavy (non-hydrogen) atoms. The average molecular weight is 418 g/mol. The van der Waals surface area contributed by atoms with Crippen LogP contribution in [0.4, 0.5) is 10.5 Å². The number of non-ortho nitro benzene ring substituents is 1. The Kier molecular flexibility index (Phi) is 6.63. The van der Waals surface area contributed by atoms with Crippen LogP contribution in [0.15, 0.2) is 29.6 Å². The molecule has 0 aliphatic rings. The zero-order chi connectivity index (χ0) is 19.9. The highest BCUT2D eigenvalue weighted by Crippen LogP contribution is 2.27. The van der Waals surface area contributed by atoms with Crippen LogP contribution in [-0.2, 0) is 24.3 Å². The third-order valence-corrected chi connectivity index (χ3v) is 5.43. The molecule has 3 N–H and O–H groups in total. The van der Waals surface area contributed by atoms with Crippen molar-refractivity contribution in [3.8, 4) is 10.6 Å². The minimum Gasteiger partial charge on any atom is -0.445 e. The number of nitro benzene ring substituents is 1. The molecule has 145 valence electrons. The van der Waals surface area contributed by atoms with Gasteiger partial charge in [-0.3, -0.25) is 10.1 Å². The number of rotatable bonds is 8. The van der Waals surface area contributed by atoms with Gasteiger partial charge in [-0.05, 0) is 24.2 Å². The number of carbonyl (C=O) groups is 1. The normalized spacial score (nSPS) is 10.6. The molecule has 1 aromatic carbocycles. The van der Waals surface area contributed by atoms with Crippen LogP contribution in [0.25, 0.3) is 10.6 Å². The Morgan fingerprint density at radius 3 is 2.82 bits per heavy atom. The standard InChI is InChI=1S/C17H16N5O4S2/c18-6-5-15-21-13(10-27-15)14-7-19-16(28-14)8-20-17(23)26-9-11-1-3-12(4-2-11)22(24)25/h1-4,10H,5-6,8-9,18H2,(H,20,23). The van der Waals surface area contributed by atoms with E-state index >= 15 is 0 Å². The lowest BCUT2D eigenvalue weighted by Gasteiger charge is -2.05. The van der Waals surface area contributed by atoms with Crippen LogP contribution in [0, 0.1) is 16.3 Å². The van der Waals surface area contributed by atoms with Gasteiger partial charge in [0.2, 0.25) is 0 Å². The van der Waals surface area contributed by atoms with Crippen molar-refractivity contribution in [3.63, 3.8) is 0 Å². The second-order valence-electron chi connectivity index (χ2n) is 5.57. The molecule has 0 aliphatic heterocycles. The highest BCUT2D eigenvalue weighted by molar-refractivity contribution is 7.15. The molecule has 3 aromatic rings. The number of nitrogens with one attached hydrogen (secondary N) is 1. The van der Waals surface area contributed by atoms with E-state index < -0.39 is 11.0 Å². The number of nitrogens with two attached hydrogens (primary N) is 1. The summed E-state index contributed by atoms with van der Waals surface area (Å²) in [6.45, 7) is 0.776. The summed E-state index contributed by atoms with van der Waals surface area (Å²) in [5.74, 6) is 0. The molecule has 2 heterocycles. The van der Waals surface area contributed by atoms with E-state index in [0.29, 0.717) is 17.1 Å². The number of alkyl carbamates (subject to hydrolysis) is 1. The summed E-state index contributed by atoms with van der Waals surface area (Å²) in [5.41, 5.74) is 6.97. The van der Waals surface area contributed by atoms with E-state index in [1.807, 2.05) is 5.38 Å². The van der Waals surface area contributed by atoms with Crippen molar-refractivity contribution in [2.45, 2.75) is 19.6 Å². The summed E-state index contributed by atoms with van der Waals surface area (Å²) in [4.78, 5) is 31.4. The number of carbonyl (C=O) groups excluding carboxylic acids is 1. The van der Waals surface area contributed by atoms with Crippen LogP contribution in [0.1, 0.15) is 15.6 Å². The molecule has 0 unspecified atom stereocenters. The van der Waals surface area contributed by atoms with Gasteiger partial charge in [-0.2, -0.15) is 0 Å². The summed E-state index contributed by atoms with van der Waals surface area (Å²) < 4.78 is 5.10. The fraction of sp³-hybridized carbons (Fsp3) is 0.235. The van der Waals surface area contributed by atoms with Gasteiger partial charge < -0.3 is 15.8 Å². The van der Waals surface area contributed by atoms with Crippen molar-refractivity contribution in [2.75, 3.05) is 6.54 Å². The van der Waals surface area contributed by atoms with Crippen molar-refractivity contribution >= 4 is 34.5 Å². The number of hydrogen-bond donors (Lipinski definition) is 2. The number of nitrogens with zero attached hydrogens (tertiary/aromatic N) is 3. The van der Waals surface area contributed by atoms with Crippen molar-refractivity contribution in [3.05, 3.63) is 61.5 Å². The molecule has 9 nitrogen and oxygen atoms in total. The van der Waals surface area contributed by atoms with Gasteiger partial charge in [0.1, 0.15) is 17.8 Å². The van der Waals surface area contributed by atoms with Gasteiger partial charge in [0.15, 0.2) is 0 Å². The quantitative estimate of drug-likeness (QED) is 0.424. The molecular weight excluding hydrogens is 402 g/mol. The summed E-state index contributed by atoms with van der Waals surface area (Å²) in [5, 5.41) is 16.8.